The van der Waals surface area contributed by atoms with E-state index in [1.54, 1.807) is 0 Å². The summed E-state index contributed by atoms with van der Waals surface area (Å²) in [6.45, 7) is 11.9. The summed E-state index contributed by atoms with van der Waals surface area (Å²) in [5.41, 5.74) is 0.272. The second-order valence-electron chi connectivity index (χ2n) is 10.3. The average Bonchev–Trinajstić information content (AvgIpc) is 2.03. The van der Waals surface area contributed by atoms with Crippen molar-refractivity contribution in [3.05, 3.63) is 0 Å². The van der Waals surface area contributed by atoms with Crippen molar-refractivity contribution in [2.24, 2.45) is 10.8 Å². The van der Waals surface area contributed by atoms with E-state index in [1.807, 2.05) is 21.1 Å². The molecule has 0 bridgehead atoms. The monoisotopic (exact) mass is 348 g/mol. The number of nitrogens with one attached hydrogen (secondary N) is 1. The summed E-state index contributed by atoms with van der Waals surface area (Å²) in [6.07, 6.45) is 2.75. The van der Waals surface area contributed by atoms with E-state index in [4.69, 9.17) is 0 Å². The number of quaternary nitrogens is 1. The molecule has 1 fully saturated rings. The Labute approximate surface area is 149 Å². The molecule has 0 heterocycles. The van der Waals surface area contributed by atoms with Gasteiger partial charge in [-0.1, -0.05) is 27.7 Å². The van der Waals surface area contributed by atoms with Crippen LogP contribution in [0, 0.1) is 10.8 Å². The second kappa shape index (κ2) is 7.28. The Balaban J connectivity index is 0.00000484. The van der Waals surface area contributed by atoms with E-state index in [9.17, 15) is 9.90 Å². The van der Waals surface area contributed by atoms with E-state index in [2.05, 4.69) is 39.9 Å². The minimum Gasteiger partial charge on any atom is -1.00 e. The number of carbonyl (C=O) groups excluding carboxylic acids is 1. The third kappa shape index (κ3) is 8.37. The Bertz CT molecular complexity index is 398. The lowest BCUT2D eigenvalue weighted by Gasteiger charge is -2.51. The molecule has 1 aliphatic rings. The van der Waals surface area contributed by atoms with Crippen molar-refractivity contribution >= 4 is 5.91 Å². The third-order valence-electron chi connectivity index (χ3n) is 4.32. The number of hydrogen-bond acceptors (Lipinski definition) is 2. The van der Waals surface area contributed by atoms with Crippen LogP contribution >= 0.6 is 0 Å². The summed E-state index contributed by atoms with van der Waals surface area (Å²) < 4.78 is 0.659. The molecule has 1 saturated carbocycles. The van der Waals surface area contributed by atoms with Crippen LogP contribution in [-0.2, 0) is 4.79 Å². The molecule has 0 aromatic carbocycles. The number of carbonyl (C=O) groups is 1. The molecule has 1 rings (SSSR count). The summed E-state index contributed by atoms with van der Waals surface area (Å²) in [7, 11) is 6.07. The number of aliphatic hydroxyl groups excluding tert-OH is 1. The Hall–Kier alpha value is -0.320. The van der Waals surface area contributed by atoms with Gasteiger partial charge in [-0.05, 0) is 37.0 Å². The molecule has 5 heteroatoms. The van der Waals surface area contributed by atoms with Gasteiger partial charge < -0.3 is 27.3 Å². The molecule has 0 saturated heterocycles. The molecule has 0 aliphatic heterocycles. The highest BCUT2D eigenvalue weighted by molar-refractivity contribution is 5.77. The molecular formula is C18H37ClN2O2. The number of likely N-dealkylation sites (N-methyl/N-ethyl adjacent to an activating group) is 1. The van der Waals surface area contributed by atoms with Crippen molar-refractivity contribution in [3.63, 3.8) is 0 Å². The summed E-state index contributed by atoms with van der Waals surface area (Å²) in [6, 6.07) is 0. The van der Waals surface area contributed by atoms with E-state index < -0.39 is 6.10 Å². The number of aliphatic hydroxyl groups is 1. The Morgan fingerprint density at radius 1 is 1.04 bits per heavy atom. The van der Waals surface area contributed by atoms with E-state index in [0.29, 0.717) is 11.0 Å². The smallest absolute Gasteiger partial charge is 0.223 e. The lowest BCUT2D eigenvalue weighted by Crippen LogP contribution is -3.00. The van der Waals surface area contributed by atoms with Gasteiger partial charge in [-0.3, -0.25) is 4.79 Å². The maximum atomic E-state index is 12.4. The lowest BCUT2D eigenvalue weighted by atomic mass is 9.59. The van der Waals surface area contributed by atoms with E-state index in [1.165, 1.54) is 6.42 Å². The molecular weight excluding hydrogens is 312 g/mol. The van der Waals surface area contributed by atoms with Crippen molar-refractivity contribution < 1.29 is 26.8 Å². The van der Waals surface area contributed by atoms with Crippen molar-refractivity contribution in [2.75, 3.05) is 27.7 Å². The van der Waals surface area contributed by atoms with E-state index in [-0.39, 0.29) is 41.1 Å². The first-order valence-corrected chi connectivity index (χ1v) is 8.41. The van der Waals surface area contributed by atoms with Crippen LogP contribution in [0.4, 0.5) is 0 Å². The third-order valence-corrected chi connectivity index (χ3v) is 4.32. The molecule has 1 aliphatic carbocycles. The van der Waals surface area contributed by atoms with Crippen LogP contribution in [0.1, 0.15) is 60.3 Å². The largest absolute Gasteiger partial charge is 1.00 e. The summed E-state index contributed by atoms with van der Waals surface area (Å²) >= 11 is 0. The van der Waals surface area contributed by atoms with Gasteiger partial charge in [-0.2, -0.15) is 0 Å². The van der Waals surface area contributed by atoms with Crippen LogP contribution in [0.25, 0.3) is 0 Å². The number of hydrogen-bond donors (Lipinski definition) is 2. The van der Waals surface area contributed by atoms with E-state index in [0.717, 1.165) is 12.8 Å². The van der Waals surface area contributed by atoms with Crippen molar-refractivity contribution in [1.82, 2.24) is 5.32 Å². The standard InChI is InChI=1S/C18H36N2O2.ClH/c1-16(2)11-17(3,4)13-18(5,12-16)19-15(22)9-14(21)10-20(6,7)8;/h14,21H,9-13H2,1-8H3;1H/t14-;/m1./s1. The minimum atomic E-state index is -0.590. The zero-order valence-electron chi connectivity index (χ0n) is 16.3. The molecule has 1 atom stereocenters. The molecule has 0 aromatic heterocycles. The minimum absolute atomic E-state index is 0. The molecule has 0 aromatic rings. The first kappa shape index (κ1) is 22.7. The summed E-state index contributed by atoms with van der Waals surface area (Å²) in [4.78, 5) is 12.4. The van der Waals surface area contributed by atoms with Gasteiger partial charge in [0.2, 0.25) is 5.91 Å². The lowest BCUT2D eigenvalue weighted by molar-refractivity contribution is -0.873. The molecule has 1 amide bonds. The first-order valence-electron chi connectivity index (χ1n) is 8.41. The fraction of sp³-hybridized carbons (Fsp3) is 0.944. The summed E-state index contributed by atoms with van der Waals surface area (Å²) in [5, 5.41) is 13.3. The fourth-order valence-electron chi connectivity index (χ4n) is 4.98. The number of halogens is 1. The molecule has 0 spiro atoms. The Morgan fingerprint density at radius 3 is 1.87 bits per heavy atom. The van der Waals surface area contributed by atoms with E-state index >= 15 is 0 Å². The molecule has 138 valence electrons. The van der Waals surface area contributed by atoms with Crippen LogP contribution in [0.2, 0.25) is 0 Å². The zero-order valence-corrected chi connectivity index (χ0v) is 17.0. The molecule has 23 heavy (non-hydrogen) atoms. The van der Waals surface area contributed by atoms with Gasteiger partial charge in [0.25, 0.3) is 0 Å². The first-order chi connectivity index (χ1) is 9.62. The second-order valence-corrected chi connectivity index (χ2v) is 10.3. The Morgan fingerprint density at radius 2 is 1.48 bits per heavy atom. The predicted octanol–water partition coefficient (Wildman–Crippen LogP) is -0.441. The van der Waals surface area contributed by atoms with Gasteiger partial charge in [-0.15, -0.1) is 0 Å². The normalized spacial score (nSPS) is 23.5. The maximum absolute atomic E-state index is 12.4. The van der Waals surface area contributed by atoms with Crippen LogP contribution in [0.3, 0.4) is 0 Å². The molecule has 0 radical (unpaired) electrons. The number of nitrogens with zero attached hydrogens (tertiary/aromatic N) is 1. The van der Waals surface area contributed by atoms with Gasteiger partial charge in [0.15, 0.2) is 0 Å². The van der Waals surface area contributed by atoms with Gasteiger partial charge >= 0.3 is 0 Å². The zero-order chi connectivity index (χ0) is 17.4. The van der Waals surface area contributed by atoms with Crippen LogP contribution in [0.5, 0.6) is 0 Å². The fourth-order valence-corrected chi connectivity index (χ4v) is 4.98. The van der Waals surface area contributed by atoms with Crippen LogP contribution in [-0.4, -0.2) is 54.8 Å². The van der Waals surface area contributed by atoms with Gasteiger partial charge in [0, 0.05) is 5.54 Å². The highest BCUT2D eigenvalue weighted by Gasteiger charge is 2.45. The Kier molecular flexibility index (Phi) is 7.18. The number of amides is 1. The van der Waals surface area contributed by atoms with Gasteiger partial charge in [0.1, 0.15) is 12.6 Å². The predicted molar refractivity (Wildman–Crippen MR) is 91.5 cm³/mol. The maximum Gasteiger partial charge on any atom is 0.223 e. The molecule has 0 unspecified atom stereocenters. The SMILES string of the molecule is CC1(C)CC(C)(C)CC(C)(NC(=O)C[C@@H](O)C[N+](C)(C)C)C1.[Cl-]. The molecule has 4 nitrogen and oxygen atoms in total. The van der Waals surface area contributed by atoms with Crippen molar-refractivity contribution in [3.8, 4) is 0 Å². The summed E-state index contributed by atoms with van der Waals surface area (Å²) in [5.74, 6) is -0.0306. The van der Waals surface area contributed by atoms with Crippen molar-refractivity contribution in [1.29, 1.82) is 0 Å². The van der Waals surface area contributed by atoms with Crippen LogP contribution < -0.4 is 17.7 Å². The van der Waals surface area contributed by atoms with Crippen LogP contribution in [0.15, 0.2) is 0 Å². The highest BCUT2D eigenvalue weighted by Crippen LogP contribution is 2.49. The number of rotatable bonds is 5. The molecule has 2 N–H and O–H groups in total. The van der Waals surface area contributed by atoms with Gasteiger partial charge in [0.05, 0.1) is 27.6 Å². The average molecular weight is 349 g/mol. The van der Waals surface area contributed by atoms with Crippen molar-refractivity contribution in [2.45, 2.75) is 71.9 Å². The quantitative estimate of drug-likeness (QED) is 0.662. The van der Waals surface area contributed by atoms with Gasteiger partial charge in [-0.25, -0.2) is 0 Å². The topological polar surface area (TPSA) is 49.3 Å². The highest BCUT2D eigenvalue weighted by atomic mass is 35.5.